The second-order valence-electron chi connectivity index (χ2n) is 5.54. The van der Waals surface area contributed by atoms with Crippen LogP contribution in [0.4, 0.5) is 4.39 Å². The highest BCUT2D eigenvalue weighted by Gasteiger charge is 2.61. The fraction of sp³-hybridized carbons (Fsp3) is 1.00. The molecule has 0 aromatic rings. The standard InChI is InChI=1S/C10H18FO7P/c11-5-4(3-10(1-2-10)19(16,17)18)6(12)8(14)9(15)7(5)13/h4-9,12-15H,1-3H2,(H2,16,17,18)/t4-,5?,6+,7-,8-,9+/m0/s1. The predicted molar refractivity (Wildman–Crippen MR) is 61.0 cm³/mol. The molecule has 0 aliphatic heterocycles. The Balaban J connectivity index is 2.18. The van der Waals surface area contributed by atoms with Gasteiger partial charge in [0.2, 0.25) is 0 Å². The van der Waals surface area contributed by atoms with Gasteiger partial charge in [0, 0.05) is 5.92 Å². The second-order valence-corrected chi connectivity index (χ2v) is 7.58. The van der Waals surface area contributed by atoms with Gasteiger partial charge in [0.1, 0.15) is 24.5 Å². The van der Waals surface area contributed by atoms with Gasteiger partial charge in [0.05, 0.1) is 11.3 Å². The van der Waals surface area contributed by atoms with E-state index in [1.54, 1.807) is 0 Å². The summed E-state index contributed by atoms with van der Waals surface area (Å²) in [6.45, 7) is 0. The maximum Gasteiger partial charge on any atom is 0.331 e. The number of alkyl halides is 1. The van der Waals surface area contributed by atoms with Gasteiger partial charge in [-0.05, 0) is 19.3 Å². The summed E-state index contributed by atoms with van der Waals surface area (Å²) >= 11 is 0. The molecule has 6 N–H and O–H groups in total. The Kier molecular flexibility index (Phi) is 3.81. The van der Waals surface area contributed by atoms with Crippen molar-refractivity contribution in [3.05, 3.63) is 0 Å². The average Bonchev–Trinajstić information content (AvgIpc) is 3.10. The van der Waals surface area contributed by atoms with Crippen LogP contribution in [0.5, 0.6) is 0 Å². The Morgan fingerprint density at radius 2 is 1.47 bits per heavy atom. The first-order chi connectivity index (χ1) is 8.61. The summed E-state index contributed by atoms with van der Waals surface area (Å²) in [5.41, 5.74) is 0. The zero-order valence-electron chi connectivity index (χ0n) is 10.0. The highest BCUT2D eigenvalue weighted by atomic mass is 31.2. The average molecular weight is 300 g/mol. The zero-order chi connectivity index (χ0) is 14.6. The predicted octanol–water partition coefficient (Wildman–Crippen LogP) is -1.50. The molecule has 2 fully saturated rings. The van der Waals surface area contributed by atoms with Crippen LogP contribution in [-0.2, 0) is 4.57 Å². The first-order valence-corrected chi connectivity index (χ1v) is 7.64. The van der Waals surface area contributed by atoms with Gasteiger partial charge in [-0.2, -0.15) is 0 Å². The number of hydrogen-bond acceptors (Lipinski definition) is 5. The van der Waals surface area contributed by atoms with Crippen molar-refractivity contribution in [2.24, 2.45) is 5.92 Å². The molecule has 0 aromatic heterocycles. The van der Waals surface area contributed by atoms with E-state index in [-0.39, 0.29) is 19.3 Å². The van der Waals surface area contributed by atoms with Crippen molar-refractivity contribution in [3.63, 3.8) is 0 Å². The lowest BCUT2D eigenvalue weighted by Gasteiger charge is -2.42. The molecule has 19 heavy (non-hydrogen) atoms. The SMILES string of the molecule is O=P(O)(O)C1(C[C@H]2C(F)[C@H](O)[C@@H](O)[C@@H](O)[C@@H]2O)CC1. The Bertz CT molecular complexity index is 379. The molecule has 2 rings (SSSR count). The van der Waals surface area contributed by atoms with Crippen LogP contribution in [0, 0.1) is 5.92 Å². The minimum atomic E-state index is -4.44. The lowest BCUT2D eigenvalue weighted by Crippen LogP contribution is -2.60. The Hall–Kier alpha value is -0.0800. The van der Waals surface area contributed by atoms with Crippen molar-refractivity contribution in [3.8, 4) is 0 Å². The van der Waals surface area contributed by atoms with Crippen LogP contribution in [-0.4, -0.2) is 66.0 Å². The highest BCUT2D eigenvalue weighted by molar-refractivity contribution is 7.54. The van der Waals surface area contributed by atoms with Gasteiger partial charge >= 0.3 is 7.60 Å². The van der Waals surface area contributed by atoms with Crippen molar-refractivity contribution in [1.82, 2.24) is 0 Å². The van der Waals surface area contributed by atoms with E-state index in [0.717, 1.165) is 0 Å². The van der Waals surface area contributed by atoms with Crippen LogP contribution in [0.1, 0.15) is 19.3 Å². The Morgan fingerprint density at radius 3 is 1.89 bits per heavy atom. The zero-order valence-corrected chi connectivity index (χ0v) is 10.9. The Morgan fingerprint density at radius 1 is 1.00 bits per heavy atom. The number of hydrogen-bond donors (Lipinski definition) is 6. The van der Waals surface area contributed by atoms with Crippen molar-refractivity contribution in [1.29, 1.82) is 0 Å². The molecule has 0 bridgehead atoms. The molecule has 2 aliphatic rings. The third-order valence-electron chi connectivity index (χ3n) is 4.28. The van der Waals surface area contributed by atoms with Crippen LogP contribution in [0.3, 0.4) is 0 Å². The topological polar surface area (TPSA) is 138 Å². The molecule has 0 aromatic carbocycles. The third kappa shape index (κ3) is 2.47. The van der Waals surface area contributed by atoms with E-state index in [1.165, 1.54) is 0 Å². The van der Waals surface area contributed by atoms with Gasteiger partial charge in [-0.25, -0.2) is 4.39 Å². The summed E-state index contributed by atoms with van der Waals surface area (Å²) < 4.78 is 25.3. The molecule has 2 saturated carbocycles. The molecule has 112 valence electrons. The smallest absolute Gasteiger partial charge is 0.331 e. The molecule has 2 aliphatic carbocycles. The summed E-state index contributed by atoms with van der Waals surface area (Å²) in [4.78, 5) is 18.5. The van der Waals surface area contributed by atoms with Crippen LogP contribution in [0.15, 0.2) is 0 Å². The minimum absolute atomic E-state index is 0.210. The molecule has 9 heteroatoms. The summed E-state index contributed by atoms with van der Waals surface area (Å²) in [7, 11) is -4.44. The maximum absolute atomic E-state index is 13.9. The van der Waals surface area contributed by atoms with Gasteiger partial charge < -0.3 is 30.2 Å². The molecule has 0 amide bonds. The van der Waals surface area contributed by atoms with E-state index in [2.05, 4.69) is 0 Å². The minimum Gasteiger partial charge on any atom is -0.390 e. The summed E-state index contributed by atoms with van der Waals surface area (Å²) in [5, 5.41) is 36.6. The number of rotatable bonds is 3. The van der Waals surface area contributed by atoms with Crippen LogP contribution in [0.25, 0.3) is 0 Å². The van der Waals surface area contributed by atoms with Gasteiger partial charge in [0.25, 0.3) is 0 Å². The van der Waals surface area contributed by atoms with Crippen LogP contribution < -0.4 is 0 Å². The molecule has 0 heterocycles. The highest BCUT2D eigenvalue weighted by Crippen LogP contribution is 2.68. The lowest BCUT2D eigenvalue weighted by molar-refractivity contribution is -0.188. The quantitative estimate of drug-likeness (QED) is 0.349. The van der Waals surface area contributed by atoms with Crippen LogP contribution >= 0.6 is 7.60 Å². The molecular weight excluding hydrogens is 282 g/mol. The van der Waals surface area contributed by atoms with Crippen molar-refractivity contribution in [2.45, 2.75) is 55.0 Å². The molecule has 7 nitrogen and oxygen atoms in total. The van der Waals surface area contributed by atoms with Gasteiger partial charge in [-0.15, -0.1) is 0 Å². The molecule has 0 saturated heterocycles. The maximum atomic E-state index is 13.9. The largest absolute Gasteiger partial charge is 0.390 e. The van der Waals surface area contributed by atoms with Gasteiger partial charge in [0.15, 0.2) is 0 Å². The molecule has 0 spiro atoms. The van der Waals surface area contributed by atoms with Crippen molar-refractivity contribution >= 4 is 7.60 Å². The third-order valence-corrected chi connectivity index (χ3v) is 6.15. The Labute approximate surface area is 108 Å². The lowest BCUT2D eigenvalue weighted by atomic mass is 9.76. The van der Waals surface area contributed by atoms with Gasteiger partial charge in [-0.3, -0.25) is 4.57 Å². The molecular formula is C10H18FO7P. The van der Waals surface area contributed by atoms with E-state index < -0.39 is 49.3 Å². The van der Waals surface area contributed by atoms with Gasteiger partial charge in [-0.1, -0.05) is 0 Å². The van der Waals surface area contributed by atoms with E-state index in [9.17, 15) is 39.2 Å². The van der Waals surface area contributed by atoms with Crippen molar-refractivity contribution in [2.75, 3.05) is 0 Å². The van der Waals surface area contributed by atoms with Crippen molar-refractivity contribution < 1.29 is 39.2 Å². The monoisotopic (exact) mass is 300 g/mol. The summed E-state index contributed by atoms with van der Waals surface area (Å²) in [6.07, 6.45) is -9.05. The van der Waals surface area contributed by atoms with Crippen LogP contribution in [0.2, 0.25) is 0 Å². The fourth-order valence-corrected chi connectivity index (χ4v) is 3.86. The molecule has 6 atom stereocenters. The number of aliphatic hydroxyl groups excluding tert-OH is 4. The number of aliphatic hydroxyl groups is 4. The molecule has 1 unspecified atom stereocenters. The fourth-order valence-electron chi connectivity index (χ4n) is 2.72. The van der Waals surface area contributed by atoms with E-state index >= 15 is 0 Å². The number of halogens is 1. The van der Waals surface area contributed by atoms with E-state index in [0.29, 0.717) is 0 Å². The summed E-state index contributed by atoms with van der Waals surface area (Å²) in [5.74, 6) is -1.32. The molecule has 0 radical (unpaired) electrons. The second kappa shape index (κ2) is 4.73. The van der Waals surface area contributed by atoms with E-state index in [4.69, 9.17) is 0 Å². The van der Waals surface area contributed by atoms with E-state index in [1.807, 2.05) is 0 Å². The first kappa shape index (κ1) is 15.3. The summed E-state index contributed by atoms with van der Waals surface area (Å²) in [6, 6.07) is 0. The normalized spacial score (nSPS) is 46.1. The first-order valence-electron chi connectivity index (χ1n) is 6.03.